The molecule has 0 unspecified atom stereocenters. The van der Waals surface area contributed by atoms with Crippen LogP contribution in [0.3, 0.4) is 0 Å². The minimum Gasteiger partial charge on any atom is -0.508 e. The summed E-state index contributed by atoms with van der Waals surface area (Å²) in [5.74, 6) is 1.10. The van der Waals surface area contributed by atoms with Gasteiger partial charge < -0.3 is 5.11 Å². The van der Waals surface area contributed by atoms with Gasteiger partial charge in [0.2, 0.25) is 0 Å². The average molecular weight is 231 g/mol. The third kappa shape index (κ3) is 1.75. The smallest absolute Gasteiger partial charge is 0.119 e. The first-order valence-corrected chi connectivity index (χ1v) is 6.86. The van der Waals surface area contributed by atoms with Crippen molar-refractivity contribution in [2.24, 2.45) is 0 Å². The Morgan fingerprint density at radius 2 is 2.24 bits per heavy atom. The average Bonchev–Trinajstić information content (AvgIpc) is 2.73. The zero-order chi connectivity index (χ0) is 11.8. The van der Waals surface area contributed by atoms with Crippen LogP contribution in [0.25, 0.3) is 0 Å². The number of aromatic hydroxyl groups is 1. The van der Waals surface area contributed by atoms with Crippen LogP contribution in [0.15, 0.2) is 18.2 Å². The summed E-state index contributed by atoms with van der Waals surface area (Å²) in [4.78, 5) is 2.63. The fraction of sp³-hybridized carbons (Fsp3) is 0.600. The Bertz CT molecular complexity index is 415. The number of nitrogens with zero attached hydrogens (tertiary/aromatic N) is 1. The molecule has 0 saturated carbocycles. The highest BCUT2D eigenvalue weighted by molar-refractivity contribution is 5.45. The van der Waals surface area contributed by atoms with Crippen molar-refractivity contribution < 1.29 is 5.11 Å². The molecule has 17 heavy (non-hydrogen) atoms. The molecule has 1 aliphatic heterocycles. The second-order valence-electron chi connectivity index (χ2n) is 5.39. The molecule has 1 fully saturated rings. The number of aryl methyl sites for hydroxylation is 1. The maximum Gasteiger partial charge on any atom is 0.119 e. The van der Waals surface area contributed by atoms with Crippen LogP contribution in [-0.4, -0.2) is 29.1 Å². The summed E-state index contributed by atoms with van der Waals surface area (Å²) in [6.07, 6.45) is 4.85. The number of hydrogen-bond acceptors (Lipinski definition) is 2. The van der Waals surface area contributed by atoms with Gasteiger partial charge >= 0.3 is 0 Å². The second-order valence-corrected chi connectivity index (χ2v) is 5.39. The molecule has 0 radical (unpaired) electrons. The minimum atomic E-state index is 0.524. The van der Waals surface area contributed by atoms with Crippen molar-refractivity contribution in [3.05, 3.63) is 29.3 Å². The molecule has 92 valence electrons. The van der Waals surface area contributed by atoms with Gasteiger partial charge in [0, 0.05) is 17.5 Å². The minimum absolute atomic E-state index is 0.524. The first kappa shape index (κ1) is 11.1. The van der Waals surface area contributed by atoms with Crippen molar-refractivity contribution >= 4 is 0 Å². The van der Waals surface area contributed by atoms with Crippen LogP contribution >= 0.6 is 0 Å². The summed E-state index contributed by atoms with van der Waals surface area (Å²) in [7, 11) is 0. The molecule has 0 spiro atoms. The Morgan fingerprint density at radius 3 is 3.06 bits per heavy atom. The largest absolute Gasteiger partial charge is 0.508 e. The van der Waals surface area contributed by atoms with Gasteiger partial charge in [0.15, 0.2) is 0 Å². The highest BCUT2D eigenvalue weighted by Gasteiger charge is 2.39. The molecule has 1 aromatic carbocycles. The van der Waals surface area contributed by atoms with Crippen molar-refractivity contribution in [1.29, 1.82) is 0 Å². The number of phenolic OH excluding ortho intramolecular Hbond substituents is 1. The van der Waals surface area contributed by atoms with Crippen molar-refractivity contribution in [2.45, 2.75) is 44.6 Å². The molecule has 2 aliphatic rings. The predicted octanol–water partition coefficient (Wildman–Crippen LogP) is 2.91. The molecule has 0 aromatic heterocycles. The first-order chi connectivity index (χ1) is 8.31. The van der Waals surface area contributed by atoms with Crippen LogP contribution in [0.2, 0.25) is 0 Å². The Hall–Kier alpha value is -1.02. The van der Waals surface area contributed by atoms with Crippen molar-refractivity contribution in [1.82, 2.24) is 4.90 Å². The van der Waals surface area contributed by atoms with Gasteiger partial charge in [0.1, 0.15) is 5.75 Å². The maximum atomic E-state index is 10.1. The number of hydrogen-bond donors (Lipinski definition) is 1. The zero-order valence-electron chi connectivity index (χ0n) is 10.5. The molecule has 2 heteroatoms. The summed E-state index contributed by atoms with van der Waals surface area (Å²) in [6.45, 7) is 4.67. The zero-order valence-corrected chi connectivity index (χ0v) is 10.5. The van der Waals surface area contributed by atoms with E-state index in [1.165, 1.54) is 43.5 Å². The number of likely N-dealkylation sites (tertiary alicyclic amines) is 1. The van der Waals surface area contributed by atoms with E-state index < -0.39 is 0 Å². The molecule has 1 aliphatic carbocycles. The lowest BCUT2D eigenvalue weighted by atomic mass is 9.79. The third-order valence-corrected chi connectivity index (χ3v) is 4.43. The van der Waals surface area contributed by atoms with Crippen LogP contribution in [-0.2, 0) is 6.42 Å². The Balaban J connectivity index is 1.93. The maximum absolute atomic E-state index is 10.1. The lowest BCUT2D eigenvalue weighted by molar-refractivity contribution is 0.226. The second kappa shape index (κ2) is 4.34. The molecular formula is C15H21NO. The van der Waals surface area contributed by atoms with E-state index in [-0.39, 0.29) is 0 Å². The number of phenols is 1. The molecular weight excluding hydrogens is 210 g/mol. The van der Waals surface area contributed by atoms with Gasteiger partial charge in [-0.1, -0.05) is 19.1 Å². The molecule has 1 N–H and O–H groups in total. The molecule has 1 aromatic rings. The van der Waals surface area contributed by atoms with Gasteiger partial charge in [0.25, 0.3) is 0 Å². The van der Waals surface area contributed by atoms with Crippen LogP contribution in [0, 0.1) is 0 Å². The lowest BCUT2D eigenvalue weighted by Crippen LogP contribution is -2.35. The summed E-state index contributed by atoms with van der Waals surface area (Å²) >= 11 is 0. The molecule has 0 bridgehead atoms. The molecule has 0 amide bonds. The van der Waals surface area contributed by atoms with E-state index in [4.69, 9.17) is 0 Å². The first-order valence-electron chi connectivity index (χ1n) is 6.86. The van der Waals surface area contributed by atoms with Crippen LogP contribution in [0.1, 0.15) is 43.2 Å². The van der Waals surface area contributed by atoms with E-state index in [2.05, 4.69) is 17.9 Å². The molecule has 3 rings (SSSR count). The van der Waals surface area contributed by atoms with Crippen molar-refractivity contribution in [2.75, 3.05) is 13.1 Å². The highest BCUT2D eigenvalue weighted by Crippen LogP contribution is 2.44. The third-order valence-electron chi connectivity index (χ3n) is 4.43. The van der Waals surface area contributed by atoms with Crippen LogP contribution in [0.5, 0.6) is 5.75 Å². The Labute approximate surface area is 103 Å². The monoisotopic (exact) mass is 231 g/mol. The Morgan fingerprint density at radius 1 is 1.35 bits per heavy atom. The summed E-state index contributed by atoms with van der Waals surface area (Å²) < 4.78 is 0. The summed E-state index contributed by atoms with van der Waals surface area (Å²) in [5, 5.41) is 10.1. The topological polar surface area (TPSA) is 23.5 Å². The number of rotatable bonds is 2. The van der Waals surface area contributed by atoms with E-state index in [9.17, 15) is 5.11 Å². The van der Waals surface area contributed by atoms with E-state index in [1.54, 1.807) is 0 Å². The quantitative estimate of drug-likeness (QED) is 0.846. The SMILES string of the molecule is CCCN1CC[C@@H]2c3c(O)cccc3CC[C@@H]21. The number of fused-ring (bicyclic) bond motifs is 3. The summed E-state index contributed by atoms with van der Waals surface area (Å²) in [6, 6.07) is 6.70. The van der Waals surface area contributed by atoms with Gasteiger partial charge in [-0.3, -0.25) is 4.90 Å². The standard InChI is InChI=1S/C15H21NO/c1-2-9-16-10-8-12-13(16)7-6-11-4-3-5-14(17)15(11)12/h3-5,12-13,17H,2,6-10H2,1H3/t12-,13-/m0/s1. The fourth-order valence-electron chi connectivity index (χ4n) is 3.75. The van der Waals surface area contributed by atoms with Gasteiger partial charge in [-0.15, -0.1) is 0 Å². The van der Waals surface area contributed by atoms with Gasteiger partial charge in [-0.2, -0.15) is 0 Å². The van der Waals surface area contributed by atoms with E-state index in [1.807, 2.05) is 12.1 Å². The molecule has 1 heterocycles. The van der Waals surface area contributed by atoms with E-state index in [0.717, 1.165) is 6.42 Å². The summed E-state index contributed by atoms with van der Waals surface area (Å²) in [5.41, 5.74) is 2.63. The van der Waals surface area contributed by atoms with Gasteiger partial charge in [-0.25, -0.2) is 0 Å². The Kier molecular flexibility index (Phi) is 2.83. The molecule has 2 atom stereocenters. The van der Waals surface area contributed by atoms with Crippen molar-refractivity contribution in [3.63, 3.8) is 0 Å². The van der Waals surface area contributed by atoms with E-state index >= 15 is 0 Å². The molecule has 1 saturated heterocycles. The normalized spacial score (nSPS) is 27.8. The highest BCUT2D eigenvalue weighted by atomic mass is 16.3. The predicted molar refractivity (Wildman–Crippen MR) is 69.4 cm³/mol. The molecule has 2 nitrogen and oxygen atoms in total. The number of benzene rings is 1. The van der Waals surface area contributed by atoms with Gasteiger partial charge in [-0.05, 0) is 50.4 Å². The van der Waals surface area contributed by atoms with Crippen LogP contribution in [0.4, 0.5) is 0 Å². The van der Waals surface area contributed by atoms with Gasteiger partial charge in [0.05, 0.1) is 0 Å². The lowest BCUT2D eigenvalue weighted by Gasteiger charge is -2.33. The fourth-order valence-corrected chi connectivity index (χ4v) is 3.75. The van der Waals surface area contributed by atoms with Crippen molar-refractivity contribution in [3.8, 4) is 5.75 Å². The van der Waals surface area contributed by atoms with Crippen LogP contribution < -0.4 is 0 Å². The van der Waals surface area contributed by atoms with E-state index in [0.29, 0.717) is 17.7 Å².